The first-order chi connectivity index (χ1) is 4.36. The molecule has 2 rings (SSSR count). The van der Waals surface area contributed by atoms with E-state index in [-0.39, 0.29) is 12.4 Å². The molecule has 2 atom stereocenters. The maximum absolute atomic E-state index is 5.66. The van der Waals surface area contributed by atoms with E-state index in [0.717, 1.165) is 24.9 Å². The molecule has 1 aliphatic heterocycles. The van der Waals surface area contributed by atoms with Crippen molar-refractivity contribution in [1.29, 1.82) is 0 Å². The van der Waals surface area contributed by atoms with Crippen molar-refractivity contribution in [3.05, 3.63) is 0 Å². The molecule has 10 heavy (non-hydrogen) atoms. The maximum Gasteiger partial charge on any atom is 0.0160 e. The Morgan fingerprint density at radius 3 is 2.10 bits per heavy atom. The Morgan fingerprint density at radius 1 is 1.10 bits per heavy atom. The molecule has 60 valence electrons. The topological polar surface area (TPSA) is 29.3 Å². The Kier molecular flexibility index (Phi) is 2.55. The molecule has 1 heterocycles. The summed E-state index contributed by atoms with van der Waals surface area (Å²) >= 11 is 0. The van der Waals surface area contributed by atoms with Gasteiger partial charge >= 0.3 is 0 Å². The van der Waals surface area contributed by atoms with E-state index >= 15 is 0 Å². The van der Waals surface area contributed by atoms with Crippen molar-refractivity contribution >= 4 is 12.4 Å². The fourth-order valence-electron chi connectivity index (χ4n) is 2.27. The minimum Gasteiger partial charge on any atom is -0.269 e. The predicted octanol–water partition coefficient (Wildman–Crippen LogP) is 1.01. The molecule has 2 fully saturated rings. The molecule has 2 nitrogen and oxygen atoms in total. The van der Waals surface area contributed by atoms with Gasteiger partial charge in [-0.15, -0.1) is 12.4 Å². The van der Waals surface area contributed by atoms with Crippen LogP contribution in [0.15, 0.2) is 0 Å². The van der Waals surface area contributed by atoms with Crippen LogP contribution in [0.2, 0.25) is 0 Å². The van der Waals surface area contributed by atoms with E-state index in [2.05, 4.69) is 0 Å². The van der Waals surface area contributed by atoms with Gasteiger partial charge in [-0.05, 0) is 24.7 Å². The Balaban J connectivity index is 0.000000500. The molecule has 0 aromatic carbocycles. The van der Waals surface area contributed by atoms with Crippen molar-refractivity contribution < 1.29 is 0 Å². The second-order valence-corrected chi connectivity index (χ2v) is 3.40. The number of rotatable bonds is 0. The molecule has 0 spiro atoms. The van der Waals surface area contributed by atoms with Gasteiger partial charge in [-0.2, -0.15) is 0 Å². The zero-order valence-electron chi connectivity index (χ0n) is 6.12. The van der Waals surface area contributed by atoms with Crippen molar-refractivity contribution in [2.45, 2.75) is 19.3 Å². The van der Waals surface area contributed by atoms with Crippen molar-refractivity contribution in [2.75, 3.05) is 13.1 Å². The number of hydrogen-bond acceptors (Lipinski definition) is 2. The molecule has 2 N–H and O–H groups in total. The van der Waals surface area contributed by atoms with E-state index in [9.17, 15) is 0 Å². The fraction of sp³-hybridized carbons (Fsp3) is 1.00. The Labute approximate surface area is 68.1 Å². The molecule has 0 amide bonds. The third-order valence-electron chi connectivity index (χ3n) is 2.75. The smallest absolute Gasteiger partial charge is 0.0160 e. The van der Waals surface area contributed by atoms with Gasteiger partial charge in [-0.3, -0.25) is 5.84 Å². The SMILES string of the molecule is Cl.NN1CC2CCCC2C1. The monoisotopic (exact) mass is 162 g/mol. The van der Waals surface area contributed by atoms with Crippen LogP contribution in [-0.2, 0) is 0 Å². The summed E-state index contributed by atoms with van der Waals surface area (Å²) in [7, 11) is 0. The molecule has 0 aromatic rings. The normalized spacial score (nSPS) is 39.3. The summed E-state index contributed by atoms with van der Waals surface area (Å²) in [5, 5.41) is 1.98. The fourth-order valence-corrected chi connectivity index (χ4v) is 2.27. The van der Waals surface area contributed by atoms with Crippen LogP contribution in [0.3, 0.4) is 0 Å². The average Bonchev–Trinajstić information content (AvgIpc) is 2.22. The number of hydrogen-bond donors (Lipinski definition) is 1. The zero-order valence-corrected chi connectivity index (χ0v) is 6.94. The number of halogens is 1. The zero-order chi connectivity index (χ0) is 6.27. The lowest BCUT2D eigenvalue weighted by Gasteiger charge is -2.06. The van der Waals surface area contributed by atoms with E-state index < -0.39 is 0 Å². The number of fused-ring (bicyclic) bond motifs is 1. The van der Waals surface area contributed by atoms with Gasteiger partial charge in [0.05, 0.1) is 0 Å². The minimum absolute atomic E-state index is 0. The first-order valence-electron chi connectivity index (χ1n) is 3.86. The van der Waals surface area contributed by atoms with Crippen molar-refractivity contribution in [3.63, 3.8) is 0 Å². The molecule has 3 heteroatoms. The van der Waals surface area contributed by atoms with Crippen LogP contribution in [0.25, 0.3) is 0 Å². The van der Waals surface area contributed by atoms with Crippen LogP contribution in [-0.4, -0.2) is 18.1 Å². The highest BCUT2D eigenvalue weighted by Gasteiger charge is 2.34. The molecule has 1 saturated heterocycles. The highest BCUT2D eigenvalue weighted by molar-refractivity contribution is 5.85. The molecule has 0 bridgehead atoms. The summed E-state index contributed by atoms with van der Waals surface area (Å²) in [4.78, 5) is 0. The van der Waals surface area contributed by atoms with Gasteiger partial charge in [0.25, 0.3) is 0 Å². The third-order valence-corrected chi connectivity index (χ3v) is 2.75. The van der Waals surface area contributed by atoms with Gasteiger partial charge in [-0.25, -0.2) is 5.01 Å². The Bertz CT molecular complexity index is 106. The number of nitrogens with two attached hydrogens (primary N) is 1. The van der Waals surface area contributed by atoms with Crippen LogP contribution in [0, 0.1) is 11.8 Å². The van der Waals surface area contributed by atoms with Crippen LogP contribution in [0.5, 0.6) is 0 Å². The molecular formula is C7H15ClN2. The lowest BCUT2D eigenvalue weighted by Crippen LogP contribution is -2.28. The molecule has 2 aliphatic rings. The molecule has 2 unspecified atom stereocenters. The first-order valence-corrected chi connectivity index (χ1v) is 3.86. The molecule has 0 radical (unpaired) electrons. The van der Waals surface area contributed by atoms with Crippen LogP contribution >= 0.6 is 12.4 Å². The van der Waals surface area contributed by atoms with E-state index in [1.54, 1.807) is 0 Å². The second-order valence-electron chi connectivity index (χ2n) is 3.40. The highest BCUT2D eigenvalue weighted by atomic mass is 35.5. The van der Waals surface area contributed by atoms with Gasteiger partial charge < -0.3 is 0 Å². The Morgan fingerprint density at radius 2 is 1.60 bits per heavy atom. The van der Waals surface area contributed by atoms with Crippen molar-refractivity contribution in [1.82, 2.24) is 5.01 Å². The second kappa shape index (κ2) is 3.07. The maximum atomic E-state index is 5.66. The van der Waals surface area contributed by atoms with Crippen LogP contribution < -0.4 is 5.84 Å². The van der Waals surface area contributed by atoms with Crippen molar-refractivity contribution in [3.8, 4) is 0 Å². The van der Waals surface area contributed by atoms with Crippen molar-refractivity contribution in [2.24, 2.45) is 17.7 Å². The summed E-state index contributed by atoms with van der Waals surface area (Å²) in [6, 6.07) is 0. The van der Waals surface area contributed by atoms with Crippen LogP contribution in [0.1, 0.15) is 19.3 Å². The molecule has 1 saturated carbocycles. The average molecular weight is 163 g/mol. The van der Waals surface area contributed by atoms with E-state index in [4.69, 9.17) is 5.84 Å². The van der Waals surface area contributed by atoms with Crippen LogP contribution in [0.4, 0.5) is 0 Å². The molecular weight excluding hydrogens is 148 g/mol. The van der Waals surface area contributed by atoms with Gasteiger partial charge in [0.1, 0.15) is 0 Å². The third kappa shape index (κ3) is 1.29. The van der Waals surface area contributed by atoms with E-state index in [0.29, 0.717) is 0 Å². The minimum atomic E-state index is 0. The summed E-state index contributed by atoms with van der Waals surface area (Å²) in [5.41, 5.74) is 0. The van der Waals surface area contributed by atoms with Gasteiger partial charge in [0.15, 0.2) is 0 Å². The van der Waals surface area contributed by atoms with Gasteiger partial charge in [-0.1, -0.05) is 6.42 Å². The largest absolute Gasteiger partial charge is 0.269 e. The van der Waals surface area contributed by atoms with Gasteiger partial charge in [0.2, 0.25) is 0 Å². The quantitative estimate of drug-likeness (QED) is 0.539. The summed E-state index contributed by atoms with van der Waals surface area (Å²) in [6.45, 7) is 2.31. The molecule has 0 aromatic heterocycles. The summed E-state index contributed by atoms with van der Waals surface area (Å²) in [6.07, 6.45) is 4.31. The standard InChI is InChI=1S/C7H14N2.ClH/c8-9-4-6-2-1-3-7(6)5-9;/h6-7H,1-5,8H2;1H. The number of nitrogens with zero attached hydrogens (tertiary/aromatic N) is 1. The first kappa shape index (κ1) is 8.31. The van der Waals surface area contributed by atoms with E-state index in [1.807, 2.05) is 5.01 Å². The summed E-state index contributed by atoms with van der Waals surface area (Å²) in [5.74, 6) is 7.57. The highest BCUT2D eigenvalue weighted by Crippen LogP contribution is 2.36. The summed E-state index contributed by atoms with van der Waals surface area (Å²) < 4.78 is 0. The predicted molar refractivity (Wildman–Crippen MR) is 43.8 cm³/mol. The lowest BCUT2D eigenvalue weighted by atomic mass is 10.0. The van der Waals surface area contributed by atoms with E-state index in [1.165, 1.54) is 19.3 Å². The Hall–Kier alpha value is 0.210. The van der Waals surface area contributed by atoms with Gasteiger partial charge in [0, 0.05) is 13.1 Å². The number of hydrazine groups is 1. The molecule has 1 aliphatic carbocycles. The lowest BCUT2D eigenvalue weighted by molar-refractivity contribution is 0.324.